The summed E-state index contributed by atoms with van der Waals surface area (Å²) in [6, 6.07) is 2.02. The van der Waals surface area contributed by atoms with Crippen LogP contribution in [0.25, 0.3) is 0 Å². The zero-order chi connectivity index (χ0) is 16.1. The Morgan fingerprint density at radius 3 is 2.50 bits per heavy atom. The minimum absolute atomic E-state index is 0.118. The number of nitrogens with one attached hydrogen (secondary N) is 1. The largest absolute Gasteiger partial charge is 0.450 e. The maximum atomic E-state index is 12.5. The third kappa shape index (κ3) is 4.02. The van der Waals surface area contributed by atoms with Gasteiger partial charge in [0.2, 0.25) is 5.91 Å². The van der Waals surface area contributed by atoms with Crippen molar-refractivity contribution in [1.29, 1.82) is 0 Å². The van der Waals surface area contributed by atoms with Gasteiger partial charge in [-0.25, -0.2) is 4.79 Å². The molecule has 122 valence electrons. The Morgan fingerprint density at radius 1 is 1.18 bits per heavy atom. The van der Waals surface area contributed by atoms with Gasteiger partial charge in [0, 0.05) is 37.6 Å². The lowest BCUT2D eigenvalue weighted by Crippen LogP contribution is -2.38. The Bertz CT molecular complexity index is 539. The molecule has 1 N–H and O–H groups in total. The van der Waals surface area contributed by atoms with Gasteiger partial charge >= 0.3 is 6.09 Å². The quantitative estimate of drug-likeness (QED) is 0.927. The van der Waals surface area contributed by atoms with Gasteiger partial charge in [-0.3, -0.25) is 4.79 Å². The van der Waals surface area contributed by atoms with Crippen molar-refractivity contribution in [2.75, 3.05) is 32.8 Å². The van der Waals surface area contributed by atoms with E-state index < -0.39 is 0 Å². The van der Waals surface area contributed by atoms with Crippen LogP contribution in [-0.2, 0) is 16.0 Å². The molecule has 1 aliphatic rings. The number of amides is 2. The minimum atomic E-state index is -0.283. The molecule has 2 rings (SSSR count). The van der Waals surface area contributed by atoms with Crippen molar-refractivity contribution in [1.82, 2.24) is 14.8 Å². The number of H-pyrrole nitrogens is 1. The standard InChI is InChI=1S/C16H25N3O3/c1-4-22-16(21)19-7-5-6-18(8-9-19)15(20)11-14-10-12(2)17-13(14)3/h10,17H,4-9,11H2,1-3H3. The highest BCUT2D eigenvalue weighted by Gasteiger charge is 2.23. The molecule has 0 radical (unpaired) electrons. The SMILES string of the molecule is CCOC(=O)N1CCCN(C(=O)Cc2cc(C)[nH]c2C)CC1. The van der Waals surface area contributed by atoms with Crippen LogP contribution in [0.5, 0.6) is 0 Å². The molecule has 1 aromatic rings. The number of aryl methyl sites for hydroxylation is 2. The van der Waals surface area contributed by atoms with Crippen molar-refractivity contribution < 1.29 is 14.3 Å². The van der Waals surface area contributed by atoms with Crippen LogP contribution in [0.1, 0.15) is 30.3 Å². The minimum Gasteiger partial charge on any atom is -0.450 e. The van der Waals surface area contributed by atoms with Crippen LogP contribution < -0.4 is 0 Å². The molecule has 0 spiro atoms. The zero-order valence-corrected chi connectivity index (χ0v) is 13.6. The van der Waals surface area contributed by atoms with Gasteiger partial charge in [-0.1, -0.05) is 0 Å². The molecule has 2 heterocycles. The maximum Gasteiger partial charge on any atom is 0.409 e. The molecule has 6 heteroatoms. The molecule has 6 nitrogen and oxygen atoms in total. The summed E-state index contributed by atoms with van der Waals surface area (Å²) in [6.45, 7) is 8.60. The van der Waals surface area contributed by atoms with Crippen molar-refractivity contribution in [3.8, 4) is 0 Å². The van der Waals surface area contributed by atoms with E-state index in [9.17, 15) is 9.59 Å². The smallest absolute Gasteiger partial charge is 0.409 e. The second-order valence-corrected chi connectivity index (χ2v) is 5.70. The fourth-order valence-electron chi connectivity index (χ4n) is 2.80. The Labute approximate surface area is 131 Å². The van der Waals surface area contributed by atoms with E-state index in [4.69, 9.17) is 4.74 Å². The van der Waals surface area contributed by atoms with E-state index in [-0.39, 0.29) is 12.0 Å². The summed E-state index contributed by atoms with van der Waals surface area (Å²) in [4.78, 5) is 31.0. The molecule has 2 amide bonds. The summed E-state index contributed by atoms with van der Waals surface area (Å²) in [5.74, 6) is 0.118. The Kier molecular flexibility index (Phi) is 5.46. The number of hydrogen-bond donors (Lipinski definition) is 1. The Balaban J connectivity index is 1.91. The highest BCUT2D eigenvalue weighted by molar-refractivity contribution is 5.79. The number of ether oxygens (including phenoxy) is 1. The van der Waals surface area contributed by atoms with Crippen LogP contribution in [0.4, 0.5) is 4.79 Å². The van der Waals surface area contributed by atoms with Gasteiger partial charge < -0.3 is 19.5 Å². The second-order valence-electron chi connectivity index (χ2n) is 5.70. The summed E-state index contributed by atoms with van der Waals surface area (Å²) < 4.78 is 5.03. The lowest BCUT2D eigenvalue weighted by molar-refractivity contribution is -0.130. The Morgan fingerprint density at radius 2 is 1.86 bits per heavy atom. The number of hydrogen-bond acceptors (Lipinski definition) is 3. The first-order valence-corrected chi connectivity index (χ1v) is 7.85. The predicted octanol–water partition coefficient (Wildman–Crippen LogP) is 1.86. The highest BCUT2D eigenvalue weighted by Crippen LogP contribution is 2.13. The van der Waals surface area contributed by atoms with Gasteiger partial charge in [-0.05, 0) is 38.8 Å². The average Bonchev–Trinajstić information content (AvgIpc) is 2.69. The molecular formula is C16H25N3O3. The van der Waals surface area contributed by atoms with E-state index in [2.05, 4.69) is 4.98 Å². The number of rotatable bonds is 3. The van der Waals surface area contributed by atoms with Crippen molar-refractivity contribution in [2.45, 2.75) is 33.6 Å². The van der Waals surface area contributed by atoms with Crippen molar-refractivity contribution in [3.05, 3.63) is 23.0 Å². The molecule has 1 aromatic heterocycles. The maximum absolute atomic E-state index is 12.5. The van der Waals surface area contributed by atoms with Crippen LogP contribution in [0.2, 0.25) is 0 Å². The molecule has 0 atom stereocenters. The summed E-state index contributed by atoms with van der Waals surface area (Å²) in [7, 11) is 0. The zero-order valence-electron chi connectivity index (χ0n) is 13.6. The number of aromatic amines is 1. The molecule has 0 aromatic carbocycles. The second kappa shape index (κ2) is 7.33. The van der Waals surface area contributed by atoms with Gasteiger partial charge in [0.05, 0.1) is 13.0 Å². The van der Waals surface area contributed by atoms with Crippen molar-refractivity contribution in [3.63, 3.8) is 0 Å². The van der Waals surface area contributed by atoms with Crippen LogP contribution in [-0.4, -0.2) is 59.6 Å². The van der Waals surface area contributed by atoms with E-state index in [1.807, 2.05) is 24.8 Å². The monoisotopic (exact) mass is 307 g/mol. The van der Waals surface area contributed by atoms with Crippen LogP contribution in [0, 0.1) is 13.8 Å². The van der Waals surface area contributed by atoms with E-state index in [1.54, 1.807) is 11.8 Å². The van der Waals surface area contributed by atoms with Crippen molar-refractivity contribution in [2.24, 2.45) is 0 Å². The van der Waals surface area contributed by atoms with Crippen molar-refractivity contribution >= 4 is 12.0 Å². The number of nitrogens with zero attached hydrogens (tertiary/aromatic N) is 2. The molecule has 0 unspecified atom stereocenters. The van der Waals surface area contributed by atoms with Gasteiger partial charge in [0.15, 0.2) is 0 Å². The number of aromatic nitrogens is 1. The Hall–Kier alpha value is -1.98. The number of carbonyl (C=O) groups is 2. The third-order valence-electron chi connectivity index (χ3n) is 3.97. The molecule has 0 aliphatic carbocycles. The molecule has 1 saturated heterocycles. The lowest BCUT2D eigenvalue weighted by atomic mass is 10.1. The molecule has 22 heavy (non-hydrogen) atoms. The van der Waals surface area contributed by atoms with E-state index in [1.165, 1.54) is 0 Å². The van der Waals surface area contributed by atoms with Gasteiger partial charge in [-0.15, -0.1) is 0 Å². The normalized spacial score (nSPS) is 15.6. The molecule has 0 saturated carbocycles. The summed E-state index contributed by atoms with van der Waals surface area (Å²) >= 11 is 0. The average molecular weight is 307 g/mol. The fourth-order valence-corrected chi connectivity index (χ4v) is 2.80. The van der Waals surface area contributed by atoms with E-state index in [0.29, 0.717) is 39.2 Å². The van der Waals surface area contributed by atoms with Gasteiger partial charge in [0.1, 0.15) is 0 Å². The first-order valence-electron chi connectivity index (χ1n) is 7.85. The van der Waals surface area contributed by atoms with E-state index >= 15 is 0 Å². The molecular weight excluding hydrogens is 282 g/mol. The van der Waals surface area contributed by atoms with Crippen LogP contribution in [0.3, 0.4) is 0 Å². The van der Waals surface area contributed by atoms with Crippen LogP contribution >= 0.6 is 0 Å². The van der Waals surface area contributed by atoms with Gasteiger partial charge in [-0.2, -0.15) is 0 Å². The third-order valence-corrected chi connectivity index (χ3v) is 3.97. The predicted molar refractivity (Wildman–Crippen MR) is 83.8 cm³/mol. The summed E-state index contributed by atoms with van der Waals surface area (Å²) in [6.07, 6.45) is 0.916. The highest BCUT2D eigenvalue weighted by atomic mass is 16.6. The molecule has 0 bridgehead atoms. The summed E-state index contributed by atoms with van der Waals surface area (Å²) in [5, 5.41) is 0. The van der Waals surface area contributed by atoms with Gasteiger partial charge in [0.25, 0.3) is 0 Å². The first kappa shape index (κ1) is 16.4. The summed E-state index contributed by atoms with van der Waals surface area (Å²) in [5.41, 5.74) is 3.17. The van der Waals surface area contributed by atoms with Crippen LogP contribution in [0.15, 0.2) is 6.07 Å². The molecule has 1 aliphatic heterocycles. The number of carbonyl (C=O) groups excluding carboxylic acids is 2. The fraction of sp³-hybridized carbons (Fsp3) is 0.625. The lowest BCUT2D eigenvalue weighted by Gasteiger charge is -2.21. The first-order chi connectivity index (χ1) is 10.5. The topological polar surface area (TPSA) is 65.6 Å². The van der Waals surface area contributed by atoms with E-state index in [0.717, 1.165) is 23.4 Å². The molecule has 1 fully saturated rings.